The Bertz CT molecular complexity index is 651. The largest absolute Gasteiger partial charge is 0.285 e. The molecule has 10 atom stereocenters. The number of carbonyl (C=O) groups excluding carboxylic acids is 2. The number of allylic oxidation sites excluding steroid dienone is 4. The summed E-state index contributed by atoms with van der Waals surface area (Å²) in [7, 11) is 1.74. The van der Waals surface area contributed by atoms with Crippen LogP contribution < -0.4 is 0 Å². The highest BCUT2D eigenvalue weighted by Gasteiger charge is 2.98. The molecular formula is C19H19NO2. The lowest BCUT2D eigenvalue weighted by Gasteiger charge is -2.78. The number of nitrogens with zero attached hydrogens (tertiary/aromatic N) is 1. The van der Waals surface area contributed by atoms with Crippen LogP contribution in [0.15, 0.2) is 24.3 Å². The summed E-state index contributed by atoms with van der Waals surface area (Å²) in [6.45, 7) is 0. The van der Waals surface area contributed by atoms with Crippen LogP contribution in [0.25, 0.3) is 0 Å². The van der Waals surface area contributed by atoms with Gasteiger partial charge in [-0.05, 0) is 60.2 Å². The van der Waals surface area contributed by atoms with Crippen molar-refractivity contribution >= 4 is 11.8 Å². The van der Waals surface area contributed by atoms with E-state index >= 15 is 0 Å². The van der Waals surface area contributed by atoms with E-state index in [1.807, 2.05) is 0 Å². The van der Waals surface area contributed by atoms with Crippen molar-refractivity contribution in [3.63, 3.8) is 0 Å². The summed E-state index contributed by atoms with van der Waals surface area (Å²) in [5.41, 5.74) is -0.606. The van der Waals surface area contributed by atoms with Crippen LogP contribution in [-0.4, -0.2) is 23.8 Å². The summed E-state index contributed by atoms with van der Waals surface area (Å²) in [6.07, 6.45) is 11.8. The summed E-state index contributed by atoms with van der Waals surface area (Å²) < 4.78 is 0. The van der Waals surface area contributed by atoms with Crippen molar-refractivity contribution in [2.75, 3.05) is 7.05 Å². The topological polar surface area (TPSA) is 37.4 Å². The number of fused-ring (bicyclic) bond motifs is 10. The van der Waals surface area contributed by atoms with Gasteiger partial charge in [0.15, 0.2) is 0 Å². The van der Waals surface area contributed by atoms with E-state index in [0.29, 0.717) is 47.3 Å². The normalized spacial score (nSPS) is 67.0. The molecular weight excluding hydrogens is 274 g/mol. The van der Waals surface area contributed by atoms with E-state index in [1.54, 1.807) is 7.05 Å². The summed E-state index contributed by atoms with van der Waals surface area (Å²) in [6, 6.07) is 0. The maximum atomic E-state index is 13.3. The lowest BCUT2D eigenvalue weighted by atomic mass is 9.20. The van der Waals surface area contributed by atoms with E-state index in [1.165, 1.54) is 17.7 Å². The first kappa shape index (κ1) is 11.2. The number of hydrogen-bond donors (Lipinski definition) is 0. The molecule has 1 aliphatic heterocycles. The molecule has 0 N–H and O–H groups in total. The zero-order valence-electron chi connectivity index (χ0n) is 12.6. The Morgan fingerprint density at radius 3 is 1.41 bits per heavy atom. The first-order chi connectivity index (χ1) is 10.6. The Labute approximate surface area is 129 Å². The van der Waals surface area contributed by atoms with E-state index in [-0.39, 0.29) is 22.6 Å². The molecule has 0 aromatic carbocycles. The van der Waals surface area contributed by atoms with Crippen molar-refractivity contribution in [2.45, 2.75) is 12.8 Å². The molecule has 22 heavy (non-hydrogen) atoms. The van der Waals surface area contributed by atoms with Gasteiger partial charge in [-0.25, -0.2) is 0 Å². The van der Waals surface area contributed by atoms with Gasteiger partial charge >= 0.3 is 0 Å². The first-order valence-electron chi connectivity index (χ1n) is 8.84. The smallest absolute Gasteiger partial charge is 0.236 e. The van der Waals surface area contributed by atoms with Gasteiger partial charge in [0, 0.05) is 7.05 Å². The molecule has 0 radical (unpaired) electrons. The van der Waals surface area contributed by atoms with Crippen LogP contribution in [0.5, 0.6) is 0 Å². The molecule has 1 heterocycles. The molecule has 0 spiro atoms. The van der Waals surface area contributed by atoms with Crippen molar-refractivity contribution < 1.29 is 9.59 Å². The predicted octanol–water partition coefficient (Wildman–Crippen LogP) is 1.86. The maximum Gasteiger partial charge on any atom is 0.236 e. The van der Waals surface area contributed by atoms with Gasteiger partial charge in [0.2, 0.25) is 11.8 Å². The average molecular weight is 293 g/mol. The van der Waals surface area contributed by atoms with Gasteiger partial charge in [0.1, 0.15) is 0 Å². The number of carbonyl (C=O) groups is 2. The molecule has 5 fully saturated rings. The molecule has 2 amide bonds. The summed E-state index contributed by atoms with van der Waals surface area (Å²) in [4.78, 5) is 28.0. The van der Waals surface area contributed by atoms with Crippen molar-refractivity contribution in [3.05, 3.63) is 24.3 Å². The number of hydrogen-bond acceptors (Lipinski definition) is 2. The molecule has 1 saturated heterocycles. The van der Waals surface area contributed by atoms with Crippen molar-refractivity contribution in [3.8, 4) is 0 Å². The number of likely N-dealkylation sites (tertiary alicyclic amines) is 1. The van der Waals surface area contributed by atoms with E-state index in [9.17, 15) is 9.59 Å². The fourth-order valence-corrected chi connectivity index (χ4v) is 9.05. The summed E-state index contributed by atoms with van der Waals surface area (Å²) >= 11 is 0. The van der Waals surface area contributed by atoms with E-state index in [0.717, 1.165) is 0 Å². The Hall–Kier alpha value is -1.38. The monoisotopic (exact) mass is 293 g/mol. The third-order valence-corrected chi connectivity index (χ3v) is 9.02. The zero-order chi connectivity index (χ0) is 14.6. The lowest BCUT2D eigenvalue weighted by Crippen LogP contribution is -2.83. The van der Waals surface area contributed by atoms with Gasteiger partial charge in [-0.1, -0.05) is 24.3 Å². The third kappa shape index (κ3) is 0.660. The predicted molar refractivity (Wildman–Crippen MR) is 78.1 cm³/mol. The fraction of sp³-hybridized carbons (Fsp3) is 0.684. The van der Waals surface area contributed by atoms with Gasteiger partial charge < -0.3 is 0 Å². The molecule has 0 aromatic rings. The number of imide groups is 1. The van der Waals surface area contributed by atoms with Crippen molar-refractivity contribution in [1.29, 1.82) is 0 Å². The van der Waals surface area contributed by atoms with Gasteiger partial charge in [0.05, 0.1) is 10.8 Å². The highest BCUT2D eigenvalue weighted by Crippen LogP contribution is 2.93. The van der Waals surface area contributed by atoms with E-state index in [2.05, 4.69) is 24.3 Å². The quantitative estimate of drug-likeness (QED) is 0.505. The molecule has 0 aromatic heterocycles. The van der Waals surface area contributed by atoms with Crippen LogP contribution in [0.1, 0.15) is 12.8 Å². The van der Waals surface area contributed by atoms with Crippen LogP contribution in [0.3, 0.4) is 0 Å². The highest BCUT2D eigenvalue weighted by atomic mass is 16.2. The average Bonchev–Trinajstić information content (AvgIpc) is 3.25. The summed E-state index contributed by atoms with van der Waals surface area (Å²) in [5.74, 6) is 4.51. The third-order valence-electron chi connectivity index (χ3n) is 9.02. The Morgan fingerprint density at radius 2 is 1.09 bits per heavy atom. The molecule has 2 unspecified atom stereocenters. The molecule has 4 saturated carbocycles. The van der Waals surface area contributed by atoms with Crippen LogP contribution in [0.2, 0.25) is 0 Å². The van der Waals surface area contributed by atoms with Crippen LogP contribution >= 0.6 is 0 Å². The van der Waals surface area contributed by atoms with E-state index < -0.39 is 0 Å². The maximum absolute atomic E-state index is 13.3. The minimum atomic E-state index is -0.303. The molecule has 7 aliphatic rings. The fourth-order valence-electron chi connectivity index (χ4n) is 9.05. The molecule has 6 aliphatic carbocycles. The molecule has 4 bridgehead atoms. The minimum Gasteiger partial charge on any atom is -0.285 e. The van der Waals surface area contributed by atoms with E-state index in [4.69, 9.17) is 0 Å². The molecule has 3 nitrogen and oxygen atoms in total. The Kier molecular flexibility index (Phi) is 1.41. The van der Waals surface area contributed by atoms with Gasteiger partial charge in [0.25, 0.3) is 0 Å². The second-order valence-electron chi connectivity index (χ2n) is 8.91. The van der Waals surface area contributed by atoms with Crippen LogP contribution in [-0.2, 0) is 9.59 Å². The lowest BCUT2D eigenvalue weighted by molar-refractivity contribution is -0.320. The Balaban J connectivity index is 1.55. The number of rotatable bonds is 0. The van der Waals surface area contributed by atoms with Crippen LogP contribution in [0.4, 0.5) is 0 Å². The SMILES string of the molecule is CN1C(=O)C23[C@@H]4[C@@H]([C@H]5C=C[C@@H]4C5)C2(C1=O)[C@@H]1[C@H]3[C@H]2C=C[C@@H]1C2. The summed E-state index contributed by atoms with van der Waals surface area (Å²) in [5, 5.41) is 0. The Morgan fingerprint density at radius 1 is 0.773 bits per heavy atom. The zero-order valence-corrected chi connectivity index (χ0v) is 12.6. The molecule has 112 valence electrons. The second kappa shape index (κ2) is 2.76. The highest BCUT2D eigenvalue weighted by molar-refractivity contribution is 6.14. The standard InChI is InChI=1S/C19H19NO2/c1-20-16(21)18-12-8-2-3-9(6-8)13(12)19(18,17(20)22)15-11-5-4-10(7-11)14(15)18/h2-5,8-15H,6-7H2,1H3/t8-,9+,10+,11-,12+,13-,14-,15+,18?,19?. The minimum absolute atomic E-state index is 0.182. The molecule has 3 heteroatoms. The van der Waals surface area contributed by atoms with Gasteiger partial charge in [-0.2, -0.15) is 0 Å². The van der Waals surface area contributed by atoms with Gasteiger partial charge in [-0.15, -0.1) is 0 Å². The number of amides is 2. The van der Waals surface area contributed by atoms with Crippen molar-refractivity contribution in [2.24, 2.45) is 58.2 Å². The van der Waals surface area contributed by atoms with Gasteiger partial charge in [-0.3, -0.25) is 14.5 Å². The molecule has 7 rings (SSSR count). The van der Waals surface area contributed by atoms with Crippen molar-refractivity contribution in [1.82, 2.24) is 4.90 Å². The van der Waals surface area contributed by atoms with Crippen LogP contribution in [0, 0.1) is 58.2 Å². The second-order valence-corrected chi connectivity index (χ2v) is 8.91. The first-order valence-corrected chi connectivity index (χ1v) is 8.84.